The van der Waals surface area contributed by atoms with E-state index in [2.05, 4.69) is 0 Å². The summed E-state index contributed by atoms with van der Waals surface area (Å²) in [6.07, 6.45) is 2.58. The van der Waals surface area contributed by atoms with Crippen molar-refractivity contribution in [3.05, 3.63) is 39.8 Å². The maximum atomic E-state index is 12.5. The molecule has 0 aromatic heterocycles. The van der Waals surface area contributed by atoms with Crippen molar-refractivity contribution >= 4 is 57.9 Å². The van der Waals surface area contributed by atoms with E-state index in [1.165, 1.54) is 16.7 Å². The van der Waals surface area contributed by atoms with E-state index in [4.69, 9.17) is 28.6 Å². The van der Waals surface area contributed by atoms with Crippen LogP contribution >= 0.6 is 35.6 Å². The Labute approximate surface area is 168 Å². The molecule has 0 aliphatic carbocycles. The first kappa shape index (κ1) is 20.9. The van der Waals surface area contributed by atoms with Crippen LogP contribution in [0.5, 0.6) is 0 Å². The first-order chi connectivity index (χ1) is 12.4. The van der Waals surface area contributed by atoms with Crippen LogP contribution in [0.4, 0.5) is 0 Å². The number of benzene rings is 1. The van der Waals surface area contributed by atoms with E-state index in [-0.39, 0.29) is 18.3 Å². The zero-order valence-electron chi connectivity index (χ0n) is 14.7. The predicted molar refractivity (Wildman–Crippen MR) is 110 cm³/mol. The minimum Gasteiger partial charge on any atom is -0.464 e. The lowest BCUT2D eigenvalue weighted by Crippen LogP contribution is -2.29. The smallest absolute Gasteiger partial charge is 0.305 e. The second-order valence-electron chi connectivity index (χ2n) is 6.01. The summed E-state index contributed by atoms with van der Waals surface area (Å²) in [5, 5.41) is 0.646. The second kappa shape index (κ2) is 10.1. The van der Waals surface area contributed by atoms with E-state index in [9.17, 15) is 9.59 Å². The molecule has 1 fully saturated rings. The van der Waals surface area contributed by atoms with Crippen LogP contribution in [0, 0.1) is 0 Å². The number of thiocarbonyl (C=S) groups is 1. The topological polar surface area (TPSA) is 49.9 Å². The molecule has 0 N–H and O–H groups in total. The van der Waals surface area contributed by atoms with Crippen molar-refractivity contribution in [1.82, 2.24) is 9.80 Å². The molecule has 1 amide bonds. The van der Waals surface area contributed by atoms with E-state index in [0.717, 1.165) is 5.56 Å². The third-order valence-electron chi connectivity index (χ3n) is 3.61. The number of nitrogens with zero attached hydrogens (tertiary/aromatic N) is 2. The average Bonchev–Trinajstić information content (AvgIpc) is 2.84. The van der Waals surface area contributed by atoms with E-state index >= 15 is 0 Å². The van der Waals surface area contributed by atoms with Crippen LogP contribution in [0.1, 0.15) is 18.4 Å². The number of amides is 1. The van der Waals surface area contributed by atoms with E-state index < -0.39 is 0 Å². The lowest BCUT2D eigenvalue weighted by Gasteiger charge is -2.14. The van der Waals surface area contributed by atoms with Crippen LogP contribution in [0.25, 0.3) is 6.08 Å². The Morgan fingerprint density at radius 3 is 2.69 bits per heavy atom. The van der Waals surface area contributed by atoms with Crippen LogP contribution in [-0.4, -0.2) is 59.8 Å². The van der Waals surface area contributed by atoms with Crippen LogP contribution in [-0.2, 0) is 14.3 Å². The Morgan fingerprint density at radius 1 is 1.35 bits per heavy atom. The SMILES string of the molecule is CN(C)CCOC(=O)CCCN1C(=O)/C(=C\c2ccc(Cl)cc2)SC1=S. The largest absolute Gasteiger partial charge is 0.464 e. The molecule has 0 spiro atoms. The Kier molecular flexibility index (Phi) is 8.09. The van der Waals surface area contributed by atoms with E-state index in [1.54, 1.807) is 18.2 Å². The number of ether oxygens (including phenoxy) is 1. The normalized spacial score (nSPS) is 16.0. The summed E-state index contributed by atoms with van der Waals surface area (Å²) >= 11 is 12.4. The Balaban J connectivity index is 1.83. The molecule has 1 saturated heterocycles. The number of hydrogen-bond donors (Lipinski definition) is 0. The van der Waals surface area contributed by atoms with Gasteiger partial charge >= 0.3 is 5.97 Å². The quantitative estimate of drug-likeness (QED) is 0.370. The highest BCUT2D eigenvalue weighted by Crippen LogP contribution is 2.32. The van der Waals surface area contributed by atoms with Crippen molar-refractivity contribution in [2.45, 2.75) is 12.8 Å². The lowest BCUT2D eigenvalue weighted by molar-refractivity contribution is -0.144. The third kappa shape index (κ3) is 6.39. The molecule has 0 saturated carbocycles. The molecule has 140 valence electrons. The Bertz CT molecular complexity index is 705. The van der Waals surface area contributed by atoms with E-state index in [1.807, 2.05) is 31.1 Å². The van der Waals surface area contributed by atoms with Gasteiger partial charge in [-0.1, -0.05) is 47.7 Å². The van der Waals surface area contributed by atoms with Gasteiger partial charge in [0, 0.05) is 24.5 Å². The summed E-state index contributed by atoms with van der Waals surface area (Å²) in [7, 11) is 3.83. The molecule has 0 unspecified atom stereocenters. The summed E-state index contributed by atoms with van der Waals surface area (Å²) in [6.45, 7) is 1.47. The summed E-state index contributed by atoms with van der Waals surface area (Å²) in [5.74, 6) is -0.384. The van der Waals surface area contributed by atoms with Gasteiger partial charge in [-0.3, -0.25) is 14.5 Å². The molecule has 1 heterocycles. The zero-order chi connectivity index (χ0) is 19.1. The molecule has 2 rings (SSSR count). The fourth-order valence-corrected chi connectivity index (χ4v) is 3.63. The second-order valence-corrected chi connectivity index (χ2v) is 8.12. The highest BCUT2D eigenvalue weighted by atomic mass is 35.5. The molecule has 1 aromatic carbocycles. The van der Waals surface area contributed by atoms with Gasteiger partial charge in [0.05, 0.1) is 4.91 Å². The number of carbonyl (C=O) groups is 2. The maximum Gasteiger partial charge on any atom is 0.305 e. The van der Waals surface area contributed by atoms with Gasteiger partial charge in [-0.2, -0.15) is 0 Å². The molecule has 1 aliphatic rings. The number of thioether (sulfide) groups is 1. The summed E-state index contributed by atoms with van der Waals surface area (Å²) in [6, 6.07) is 7.24. The average molecular weight is 413 g/mol. The zero-order valence-corrected chi connectivity index (χ0v) is 17.1. The number of halogens is 1. The molecule has 26 heavy (non-hydrogen) atoms. The highest BCUT2D eigenvalue weighted by Gasteiger charge is 2.31. The van der Waals surface area contributed by atoms with Crippen molar-refractivity contribution < 1.29 is 14.3 Å². The van der Waals surface area contributed by atoms with Gasteiger partial charge in [-0.15, -0.1) is 0 Å². The van der Waals surface area contributed by atoms with Crippen LogP contribution in [0.15, 0.2) is 29.2 Å². The van der Waals surface area contributed by atoms with Gasteiger partial charge in [-0.05, 0) is 44.3 Å². The predicted octanol–water partition coefficient (Wildman–Crippen LogP) is 3.43. The summed E-state index contributed by atoms with van der Waals surface area (Å²) < 4.78 is 5.65. The third-order valence-corrected chi connectivity index (χ3v) is 5.24. The van der Waals surface area contributed by atoms with Gasteiger partial charge in [-0.25, -0.2) is 0 Å². The Morgan fingerprint density at radius 2 is 2.04 bits per heavy atom. The van der Waals surface area contributed by atoms with Gasteiger partial charge < -0.3 is 9.64 Å². The molecule has 0 radical (unpaired) electrons. The number of hydrogen-bond acceptors (Lipinski definition) is 6. The molecule has 5 nitrogen and oxygen atoms in total. The number of likely N-dealkylation sites (N-methyl/N-ethyl adjacent to an activating group) is 1. The number of carbonyl (C=O) groups excluding carboxylic acids is 2. The molecular weight excluding hydrogens is 392 g/mol. The molecule has 0 bridgehead atoms. The Hall–Kier alpha value is -1.41. The molecule has 1 aliphatic heterocycles. The van der Waals surface area contributed by atoms with Gasteiger partial charge in [0.25, 0.3) is 5.91 Å². The molecule has 8 heteroatoms. The van der Waals surface area contributed by atoms with Crippen molar-refractivity contribution in [2.24, 2.45) is 0 Å². The lowest BCUT2D eigenvalue weighted by atomic mass is 10.2. The first-order valence-corrected chi connectivity index (χ1v) is 9.78. The minimum atomic E-state index is -0.256. The van der Waals surface area contributed by atoms with Gasteiger partial charge in [0.1, 0.15) is 10.9 Å². The molecule has 1 aromatic rings. The first-order valence-electron chi connectivity index (χ1n) is 8.18. The fourth-order valence-electron chi connectivity index (χ4n) is 2.20. The van der Waals surface area contributed by atoms with Gasteiger partial charge in [0.15, 0.2) is 0 Å². The molecular formula is C18H21ClN2O3S2. The van der Waals surface area contributed by atoms with Crippen molar-refractivity contribution in [1.29, 1.82) is 0 Å². The van der Waals surface area contributed by atoms with Crippen LogP contribution in [0.2, 0.25) is 5.02 Å². The molecule has 0 atom stereocenters. The van der Waals surface area contributed by atoms with Crippen LogP contribution in [0.3, 0.4) is 0 Å². The summed E-state index contributed by atoms with van der Waals surface area (Å²) in [5.41, 5.74) is 0.888. The highest BCUT2D eigenvalue weighted by molar-refractivity contribution is 8.26. The monoisotopic (exact) mass is 412 g/mol. The number of esters is 1. The maximum absolute atomic E-state index is 12.5. The summed E-state index contributed by atoms with van der Waals surface area (Å²) in [4.78, 5) is 28.3. The minimum absolute atomic E-state index is 0.129. The standard InChI is InChI=1S/C18H21ClN2O3S2/c1-20(2)10-11-24-16(22)4-3-9-21-17(23)15(26-18(21)25)12-13-5-7-14(19)8-6-13/h5-8,12H,3-4,9-11H2,1-2H3/b15-12+. The van der Waals surface area contributed by atoms with E-state index in [0.29, 0.717) is 40.4 Å². The van der Waals surface area contributed by atoms with Gasteiger partial charge in [0.2, 0.25) is 0 Å². The fraction of sp³-hybridized carbons (Fsp3) is 0.389. The van der Waals surface area contributed by atoms with Crippen molar-refractivity contribution in [2.75, 3.05) is 33.8 Å². The van der Waals surface area contributed by atoms with Crippen LogP contribution < -0.4 is 0 Å². The number of rotatable bonds is 8. The van der Waals surface area contributed by atoms with Crippen molar-refractivity contribution in [3.63, 3.8) is 0 Å². The van der Waals surface area contributed by atoms with Crippen molar-refractivity contribution in [3.8, 4) is 0 Å².